The Morgan fingerprint density at radius 1 is 1.15 bits per heavy atom. The predicted octanol–water partition coefficient (Wildman–Crippen LogP) is 2.62. The van der Waals surface area contributed by atoms with E-state index in [9.17, 15) is 18.8 Å². The van der Waals surface area contributed by atoms with E-state index >= 15 is 0 Å². The van der Waals surface area contributed by atoms with Gasteiger partial charge in [0.1, 0.15) is 11.9 Å². The Balaban J connectivity index is 1.95. The zero-order valence-corrected chi connectivity index (χ0v) is 19.2. The Bertz CT molecular complexity index is 1200. The molecule has 1 heterocycles. The largest absolute Gasteiger partial charge is 0.368 e. The minimum Gasteiger partial charge on any atom is -0.368 e. The molecule has 3 amide bonds. The highest BCUT2D eigenvalue weighted by Gasteiger charge is 2.34. The summed E-state index contributed by atoms with van der Waals surface area (Å²) < 4.78 is 14.9. The van der Waals surface area contributed by atoms with E-state index in [1.807, 2.05) is 0 Å². The van der Waals surface area contributed by atoms with Crippen molar-refractivity contribution in [3.8, 4) is 0 Å². The molecular weight excluding hydrogens is 449 g/mol. The van der Waals surface area contributed by atoms with Crippen molar-refractivity contribution in [1.82, 2.24) is 20.4 Å². The molecule has 10 heteroatoms. The Kier molecular flexibility index (Phi) is 7.02. The molecule has 0 saturated heterocycles. The molecule has 0 radical (unpaired) electrons. The molecule has 0 saturated carbocycles. The summed E-state index contributed by atoms with van der Waals surface area (Å²) in [5, 5.41) is 10.5. The van der Waals surface area contributed by atoms with Crippen molar-refractivity contribution in [3.05, 3.63) is 64.6 Å². The van der Waals surface area contributed by atoms with E-state index in [1.54, 1.807) is 55.8 Å². The van der Waals surface area contributed by atoms with Crippen LogP contribution in [0.3, 0.4) is 0 Å². The average Bonchev–Trinajstić information content (AvgIpc) is 3.08. The average molecular weight is 474 g/mol. The van der Waals surface area contributed by atoms with Crippen LogP contribution in [-0.2, 0) is 16.1 Å². The maximum atomic E-state index is 13.3. The topological polar surface area (TPSA) is 119 Å². The smallest absolute Gasteiger partial charge is 0.273 e. The third-order valence-electron chi connectivity index (χ3n) is 5.01. The van der Waals surface area contributed by atoms with E-state index in [0.29, 0.717) is 22.5 Å². The summed E-state index contributed by atoms with van der Waals surface area (Å²) in [6, 6.07) is 10.1. The molecule has 3 aromatic rings. The fourth-order valence-electron chi connectivity index (χ4n) is 3.35. The summed E-state index contributed by atoms with van der Waals surface area (Å²) >= 11 is 6.16. The first kappa shape index (κ1) is 24.2. The van der Waals surface area contributed by atoms with E-state index in [4.69, 9.17) is 17.3 Å². The number of nitrogens with two attached hydrogens (primary N) is 1. The summed E-state index contributed by atoms with van der Waals surface area (Å²) in [4.78, 5) is 36.9. The molecule has 1 aromatic heterocycles. The van der Waals surface area contributed by atoms with Crippen LogP contribution in [0.1, 0.15) is 36.8 Å². The molecule has 4 N–H and O–H groups in total. The van der Waals surface area contributed by atoms with Crippen molar-refractivity contribution in [3.63, 3.8) is 0 Å². The van der Waals surface area contributed by atoms with Gasteiger partial charge < -0.3 is 16.4 Å². The van der Waals surface area contributed by atoms with Crippen LogP contribution in [0.15, 0.2) is 42.5 Å². The monoisotopic (exact) mass is 473 g/mol. The van der Waals surface area contributed by atoms with Gasteiger partial charge in [-0.3, -0.25) is 19.1 Å². The number of fused-ring (bicyclic) bond motifs is 1. The Hall–Kier alpha value is -3.46. The van der Waals surface area contributed by atoms with E-state index in [0.717, 1.165) is 5.56 Å². The van der Waals surface area contributed by atoms with E-state index in [1.165, 1.54) is 12.1 Å². The van der Waals surface area contributed by atoms with Crippen LogP contribution >= 0.6 is 11.6 Å². The van der Waals surface area contributed by atoms with Gasteiger partial charge in [-0.1, -0.05) is 44.5 Å². The number of rotatable bonds is 7. The number of amides is 3. The van der Waals surface area contributed by atoms with Gasteiger partial charge in [-0.25, -0.2) is 4.39 Å². The molecule has 174 valence electrons. The summed E-state index contributed by atoms with van der Waals surface area (Å²) in [6.45, 7) is 5.30. The standard InChI is InChI=1S/C23H25ClFN5O3/c1-23(2,3)20(22(33)27-11-18(26)31)28-21(32)19-16-10-14(24)6-9-17(16)30(29-19)12-13-4-7-15(25)8-5-13/h4-10,20H,11-12H2,1-3H3,(H2,26,31)(H,27,33)(H,28,32)/t20-/m1/s1. The van der Waals surface area contributed by atoms with Crippen molar-refractivity contribution < 1.29 is 18.8 Å². The highest BCUT2D eigenvalue weighted by atomic mass is 35.5. The normalized spacial score (nSPS) is 12.4. The van der Waals surface area contributed by atoms with Crippen LogP contribution in [0.4, 0.5) is 4.39 Å². The molecule has 8 nitrogen and oxygen atoms in total. The van der Waals surface area contributed by atoms with E-state index in [-0.39, 0.29) is 18.1 Å². The number of carbonyl (C=O) groups excluding carboxylic acids is 3. The molecule has 0 unspecified atom stereocenters. The first-order chi connectivity index (χ1) is 15.5. The molecule has 3 rings (SSSR count). The second kappa shape index (κ2) is 9.58. The Labute approximate surface area is 195 Å². The lowest BCUT2D eigenvalue weighted by Gasteiger charge is -2.30. The third-order valence-corrected chi connectivity index (χ3v) is 5.25. The predicted molar refractivity (Wildman–Crippen MR) is 123 cm³/mol. The highest BCUT2D eigenvalue weighted by Crippen LogP contribution is 2.25. The Morgan fingerprint density at radius 2 is 1.82 bits per heavy atom. The van der Waals surface area contributed by atoms with Crippen molar-refractivity contribution in [2.75, 3.05) is 6.54 Å². The fourth-order valence-corrected chi connectivity index (χ4v) is 3.53. The van der Waals surface area contributed by atoms with Crippen molar-refractivity contribution >= 4 is 40.2 Å². The molecule has 0 aliphatic rings. The Morgan fingerprint density at radius 3 is 2.42 bits per heavy atom. The van der Waals surface area contributed by atoms with Gasteiger partial charge in [0.25, 0.3) is 5.91 Å². The zero-order valence-electron chi connectivity index (χ0n) is 18.5. The lowest BCUT2D eigenvalue weighted by atomic mass is 9.86. The van der Waals surface area contributed by atoms with Crippen molar-refractivity contribution in [2.45, 2.75) is 33.4 Å². The third kappa shape index (κ3) is 5.87. The van der Waals surface area contributed by atoms with Crippen LogP contribution in [-0.4, -0.2) is 40.1 Å². The van der Waals surface area contributed by atoms with Gasteiger partial charge in [-0.15, -0.1) is 0 Å². The van der Waals surface area contributed by atoms with E-state index < -0.39 is 29.2 Å². The molecule has 0 fully saturated rings. The van der Waals surface area contributed by atoms with Gasteiger partial charge in [0.15, 0.2) is 5.69 Å². The second-order valence-corrected chi connectivity index (χ2v) is 9.19. The summed E-state index contributed by atoms with van der Waals surface area (Å²) in [7, 11) is 0. The zero-order chi connectivity index (χ0) is 24.3. The molecule has 2 aromatic carbocycles. The second-order valence-electron chi connectivity index (χ2n) is 8.75. The number of halogens is 2. The van der Waals surface area contributed by atoms with Crippen LogP contribution in [0.25, 0.3) is 10.9 Å². The van der Waals surface area contributed by atoms with Crippen molar-refractivity contribution in [2.24, 2.45) is 11.1 Å². The maximum Gasteiger partial charge on any atom is 0.273 e. The molecule has 1 atom stereocenters. The minimum absolute atomic E-state index is 0.0894. The molecule has 0 spiro atoms. The number of carbonyl (C=O) groups is 3. The molecular formula is C23H25ClFN5O3. The van der Waals surface area contributed by atoms with Gasteiger partial charge in [0.2, 0.25) is 11.8 Å². The molecule has 0 aliphatic carbocycles. The molecule has 33 heavy (non-hydrogen) atoms. The summed E-state index contributed by atoms with van der Waals surface area (Å²) in [5.41, 5.74) is 5.98. The number of aromatic nitrogens is 2. The summed E-state index contributed by atoms with van der Waals surface area (Å²) in [5.74, 6) is -2.15. The van der Waals surface area contributed by atoms with Gasteiger partial charge in [0.05, 0.1) is 18.6 Å². The lowest BCUT2D eigenvalue weighted by molar-refractivity contribution is -0.128. The SMILES string of the molecule is CC(C)(C)[C@H](NC(=O)c1nn(Cc2ccc(F)cc2)c2ccc(Cl)cc12)C(=O)NCC(N)=O. The number of hydrogen-bond acceptors (Lipinski definition) is 4. The quantitative estimate of drug-likeness (QED) is 0.488. The lowest BCUT2D eigenvalue weighted by Crippen LogP contribution is -2.54. The first-order valence-corrected chi connectivity index (χ1v) is 10.6. The van der Waals surface area contributed by atoms with Crippen LogP contribution in [0, 0.1) is 11.2 Å². The van der Waals surface area contributed by atoms with E-state index in [2.05, 4.69) is 15.7 Å². The maximum absolute atomic E-state index is 13.3. The summed E-state index contributed by atoms with van der Waals surface area (Å²) in [6.07, 6.45) is 0. The van der Waals surface area contributed by atoms with Gasteiger partial charge in [0, 0.05) is 10.4 Å². The van der Waals surface area contributed by atoms with Crippen LogP contribution in [0.2, 0.25) is 5.02 Å². The minimum atomic E-state index is -0.958. The van der Waals surface area contributed by atoms with Gasteiger partial charge in [-0.05, 0) is 41.3 Å². The molecule has 0 aliphatic heterocycles. The number of primary amides is 1. The van der Waals surface area contributed by atoms with Gasteiger partial charge >= 0.3 is 0 Å². The first-order valence-electron chi connectivity index (χ1n) is 10.2. The van der Waals surface area contributed by atoms with Crippen molar-refractivity contribution in [1.29, 1.82) is 0 Å². The number of hydrogen-bond donors (Lipinski definition) is 3. The number of nitrogens with one attached hydrogen (secondary N) is 2. The number of benzene rings is 2. The fraction of sp³-hybridized carbons (Fsp3) is 0.304. The van der Waals surface area contributed by atoms with Crippen LogP contribution < -0.4 is 16.4 Å². The molecule has 0 bridgehead atoms. The highest BCUT2D eigenvalue weighted by molar-refractivity contribution is 6.31. The number of nitrogens with zero attached hydrogens (tertiary/aromatic N) is 2. The van der Waals surface area contributed by atoms with Crippen LogP contribution in [0.5, 0.6) is 0 Å². The van der Waals surface area contributed by atoms with Gasteiger partial charge in [-0.2, -0.15) is 5.10 Å².